The maximum atomic E-state index is 12.0. The van der Waals surface area contributed by atoms with Crippen LogP contribution < -0.4 is 10.6 Å². The summed E-state index contributed by atoms with van der Waals surface area (Å²) in [5, 5.41) is 5.51. The van der Waals surface area contributed by atoms with Crippen molar-refractivity contribution in [3.63, 3.8) is 0 Å². The van der Waals surface area contributed by atoms with Crippen molar-refractivity contribution in [2.75, 3.05) is 19.0 Å². The molecule has 136 valence electrons. The molecule has 0 atom stereocenters. The van der Waals surface area contributed by atoms with E-state index < -0.39 is 0 Å². The molecule has 1 fully saturated rings. The Bertz CT molecular complexity index is 592. The molecule has 1 aliphatic carbocycles. The molecule has 1 aliphatic rings. The summed E-state index contributed by atoms with van der Waals surface area (Å²) in [6.07, 6.45) is 6.69. The standard InChI is InChI=1S/C19H26N2O4/c1-25-18(23)12-13-20-19(24)15-7-9-16(10-8-15)21-17(22)11-6-14-4-2-3-5-14/h7-10,14H,2-6,11-13H2,1H3,(H,20,24)(H,21,22). The minimum atomic E-state index is -0.365. The molecule has 1 aromatic carbocycles. The predicted molar refractivity (Wildman–Crippen MR) is 95.2 cm³/mol. The predicted octanol–water partition coefficient (Wildman–Crippen LogP) is 2.89. The molecule has 0 bridgehead atoms. The van der Waals surface area contributed by atoms with E-state index in [4.69, 9.17) is 0 Å². The first kappa shape index (κ1) is 19.0. The van der Waals surface area contributed by atoms with Gasteiger partial charge in [-0.2, -0.15) is 0 Å². The third kappa shape index (κ3) is 6.57. The second-order valence-corrected chi connectivity index (χ2v) is 6.40. The zero-order valence-corrected chi connectivity index (χ0v) is 14.7. The maximum absolute atomic E-state index is 12.0. The smallest absolute Gasteiger partial charge is 0.307 e. The monoisotopic (exact) mass is 346 g/mol. The highest BCUT2D eigenvalue weighted by molar-refractivity contribution is 5.95. The molecule has 2 rings (SSSR count). The molecule has 25 heavy (non-hydrogen) atoms. The minimum Gasteiger partial charge on any atom is -0.469 e. The van der Waals surface area contributed by atoms with Crippen LogP contribution in [0, 0.1) is 5.92 Å². The van der Waals surface area contributed by atoms with Crippen molar-refractivity contribution in [1.82, 2.24) is 5.32 Å². The molecule has 6 nitrogen and oxygen atoms in total. The lowest BCUT2D eigenvalue weighted by Gasteiger charge is -2.10. The summed E-state index contributed by atoms with van der Waals surface area (Å²) in [5.41, 5.74) is 1.16. The van der Waals surface area contributed by atoms with Crippen LogP contribution in [0.15, 0.2) is 24.3 Å². The third-order valence-corrected chi connectivity index (χ3v) is 4.53. The van der Waals surface area contributed by atoms with Crippen molar-refractivity contribution < 1.29 is 19.1 Å². The summed E-state index contributed by atoms with van der Waals surface area (Å²) in [6.45, 7) is 0.227. The van der Waals surface area contributed by atoms with E-state index in [-0.39, 0.29) is 30.7 Å². The van der Waals surface area contributed by atoms with Gasteiger partial charge < -0.3 is 15.4 Å². The van der Waals surface area contributed by atoms with E-state index in [1.165, 1.54) is 32.8 Å². The van der Waals surface area contributed by atoms with E-state index >= 15 is 0 Å². The van der Waals surface area contributed by atoms with Crippen LogP contribution in [0.4, 0.5) is 5.69 Å². The van der Waals surface area contributed by atoms with Crippen LogP contribution in [0.1, 0.15) is 55.3 Å². The lowest BCUT2D eigenvalue weighted by molar-refractivity contribution is -0.140. The molecular weight excluding hydrogens is 320 g/mol. The van der Waals surface area contributed by atoms with Crippen LogP contribution in [0.5, 0.6) is 0 Å². The summed E-state index contributed by atoms with van der Waals surface area (Å²) in [6, 6.07) is 6.73. The average molecular weight is 346 g/mol. The Hall–Kier alpha value is -2.37. The number of rotatable bonds is 8. The number of hydrogen-bond acceptors (Lipinski definition) is 4. The van der Waals surface area contributed by atoms with E-state index in [0.717, 1.165) is 6.42 Å². The van der Waals surface area contributed by atoms with Crippen LogP contribution in [0.3, 0.4) is 0 Å². The molecule has 0 heterocycles. The van der Waals surface area contributed by atoms with Crippen molar-refractivity contribution in [2.45, 2.75) is 44.9 Å². The molecule has 0 unspecified atom stereocenters. The Labute approximate surface area is 148 Å². The lowest BCUT2D eigenvalue weighted by atomic mass is 10.0. The van der Waals surface area contributed by atoms with Gasteiger partial charge in [0.2, 0.25) is 5.91 Å². The number of esters is 1. The Morgan fingerprint density at radius 3 is 2.40 bits per heavy atom. The molecular formula is C19H26N2O4. The van der Waals surface area contributed by atoms with Crippen molar-refractivity contribution in [2.24, 2.45) is 5.92 Å². The van der Waals surface area contributed by atoms with Gasteiger partial charge in [-0.25, -0.2) is 0 Å². The Morgan fingerprint density at radius 2 is 1.76 bits per heavy atom. The van der Waals surface area contributed by atoms with Gasteiger partial charge in [0.1, 0.15) is 0 Å². The number of carbonyl (C=O) groups excluding carboxylic acids is 3. The summed E-state index contributed by atoms with van der Waals surface area (Å²) in [5.74, 6) is 0.0861. The largest absolute Gasteiger partial charge is 0.469 e. The fourth-order valence-electron chi connectivity index (χ4n) is 3.04. The number of hydrogen-bond donors (Lipinski definition) is 2. The number of nitrogens with one attached hydrogen (secondary N) is 2. The van der Waals surface area contributed by atoms with Gasteiger partial charge in [0.05, 0.1) is 13.5 Å². The normalized spacial score (nSPS) is 14.1. The summed E-state index contributed by atoms with van der Waals surface area (Å²) >= 11 is 0. The van der Waals surface area contributed by atoms with E-state index in [1.807, 2.05) is 0 Å². The second kappa shape index (κ2) is 9.81. The molecule has 0 aromatic heterocycles. The number of ether oxygens (including phenoxy) is 1. The maximum Gasteiger partial charge on any atom is 0.307 e. The van der Waals surface area contributed by atoms with Crippen molar-refractivity contribution in [1.29, 1.82) is 0 Å². The molecule has 6 heteroatoms. The lowest BCUT2D eigenvalue weighted by Crippen LogP contribution is -2.26. The highest BCUT2D eigenvalue weighted by Crippen LogP contribution is 2.28. The topological polar surface area (TPSA) is 84.5 Å². The van der Waals surface area contributed by atoms with Gasteiger partial charge >= 0.3 is 5.97 Å². The number of benzene rings is 1. The van der Waals surface area contributed by atoms with E-state index in [9.17, 15) is 14.4 Å². The first-order valence-corrected chi connectivity index (χ1v) is 8.83. The molecule has 0 aliphatic heterocycles. The first-order valence-electron chi connectivity index (χ1n) is 8.83. The summed E-state index contributed by atoms with van der Waals surface area (Å²) in [7, 11) is 1.31. The van der Waals surface area contributed by atoms with E-state index in [2.05, 4.69) is 15.4 Å². The number of anilines is 1. The van der Waals surface area contributed by atoms with Crippen LogP contribution in [0.2, 0.25) is 0 Å². The van der Waals surface area contributed by atoms with Crippen molar-refractivity contribution in [3.8, 4) is 0 Å². The fourth-order valence-corrected chi connectivity index (χ4v) is 3.04. The van der Waals surface area contributed by atoms with E-state index in [0.29, 0.717) is 23.6 Å². The van der Waals surface area contributed by atoms with E-state index in [1.54, 1.807) is 24.3 Å². The highest BCUT2D eigenvalue weighted by Gasteiger charge is 2.16. The van der Waals surface area contributed by atoms with Gasteiger partial charge in [0, 0.05) is 24.2 Å². The second-order valence-electron chi connectivity index (χ2n) is 6.40. The zero-order chi connectivity index (χ0) is 18.1. The van der Waals surface area contributed by atoms with Gasteiger partial charge in [-0.05, 0) is 36.6 Å². The first-order chi connectivity index (χ1) is 12.1. The quantitative estimate of drug-likeness (QED) is 0.709. The van der Waals surface area contributed by atoms with Gasteiger partial charge in [-0.3, -0.25) is 14.4 Å². The fraction of sp³-hybridized carbons (Fsp3) is 0.526. The van der Waals surface area contributed by atoms with Gasteiger partial charge in [0.15, 0.2) is 0 Å². The van der Waals surface area contributed by atoms with Gasteiger partial charge in [0.25, 0.3) is 5.91 Å². The molecule has 1 aromatic rings. The van der Waals surface area contributed by atoms with Crippen LogP contribution in [0.25, 0.3) is 0 Å². The zero-order valence-electron chi connectivity index (χ0n) is 14.7. The Kier molecular flexibility index (Phi) is 7.44. The summed E-state index contributed by atoms with van der Waals surface area (Å²) in [4.78, 5) is 34.9. The van der Waals surface area contributed by atoms with Crippen molar-refractivity contribution in [3.05, 3.63) is 29.8 Å². The third-order valence-electron chi connectivity index (χ3n) is 4.53. The Morgan fingerprint density at radius 1 is 1.08 bits per heavy atom. The van der Waals surface area contributed by atoms with Crippen LogP contribution in [-0.2, 0) is 14.3 Å². The molecule has 2 amide bonds. The Balaban J connectivity index is 1.73. The number of methoxy groups -OCH3 is 1. The van der Waals surface area contributed by atoms with Crippen LogP contribution >= 0.6 is 0 Å². The van der Waals surface area contributed by atoms with Crippen LogP contribution in [-0.4, -0.2) is 31.4 Å². The SMILES string of the molecule is COC(=O)CCNC(=O)c1ccc(NC(=O)CCC2CCCC2)cc1. The number of carbonyl (C=O) groups is 3. The molecule has 0 radical (unpaired) electrons. The molecule has 0 spiro atoms. The average Bonchev–Trinajstić information content (AvgIpc) is 3.14. The highest BCUT2D eigenvalue weighted by atomic mass is 16.5. The molecule has 2 N–H and O–H groups in total. The van der Waals surface area contributed by atoms with Gasteiger partial charge in [-0.15, -0.1) is 0 Å². The number of amides is 2. The minimum absolute atomic E-state index is 0.0159. The molecule has 1 saturated carbocycles. The summed E-state index contributed by atoms with van der Waals surface area (Å²) < 4.78 is 4.51. The molecule has 0 saturated heterocycles. The van der Waals surface area contributed by atoms with Crippen molar-refractivity contribution >= 4 is 23.5 Å². The van der Waals surface area contributed by atoms with Gasteiger partial charge in [-0.1, -0.05) is 25.7 Å².